The van der Waals surface area contributed by atoms with Crippen LogP contribution in [0.25, 0.3) is 0 Å². The van der Waals surface area contributed by atoms with Crippen molar-refractivity contribution >= 4 is 28.9 Å². The highest BCUT2D eigenvalue weighted by Gasteiger charge is 2.23. The van der Waals surface area contributed by atoms with Gasteiger partial charge in [0.2, 0.25) is 5.91 Å². The zero-order chi connectivity index (χ0) is 11.5. The van der Waals surface area contributed by atoms with Gasteiger partial charge in [-0.25, -0.2) is 0 Å². The molecule has 1 aromatic carbocycles. The molecule has 3 nitrogen and oxygen atoms in total. The summed E-state index contributed by atoms with van der Waals surface area (Å²) in [5, 5.41) is 0. The number of alkyl halides is 1. The first kappa shape index (κ1) is 11.3. The lowest BCUT2D eigenvalue weighted by Gasteiger charge is -2.37. The molecule has 86 valence electrons. The van der Waals surface area contributed by atoms with E-state index >= 15 is 0 Å². The molecule has 1 aliphatic heterocycles. The number of hydrogen-bond donors (Lipinski definition) is 0. The molecule has 0 atom stereocenters. The molecule has 1 heterocycles. The monoisotopic (exact) mass is 238 g/mol. The number of hydrogen-bond acceptors (Lipinski definition) is 2. The van der Waals surface area contributed by atoms with Gasteiger partial charge in [0.25, 0.3) is 0 Å². The topological polar surface area (TPSA) is 23.6 Å². The fourth-order valence-electron chi connectivity index (χ4n) is 2.08. The molecule has 0 saturated heterocycles. The van der Waals surface area contributed by atoms with Crippen LogP contribution in [0.4, 0.5) is 11.4 Å². The SMILES string of the molecule is CC(=O)N1CCN(CCCl)c2ccccc21. The Morgan fingerprint density at radius 2 is 2.00 bits per heavy atom. The van der Waals surface area contributed by atoms with Crippen molar-refractivity contribution in [3.8, 4) is 0 Å². The lowest BCUT2D eigenvalue weighted by atomic mass is 10.1. The van der Waals surface area contributed by atoms with Gasteiger partial charge >= 0.3 is 0 Å². The van der Waals surface area contributed by atoms with E-state index in [2.05, 4.69) is 4.90 Å². The molecule has 1 aliphatic rings. The highest BCUT2D eigenvalue weighted by molar-refractivity contribution is 6.18. The van der Waals surface area contributed by atoms with Crippen LogP contribution in [0.2, 0.25) is 0 Å². The first-order chi connectivity index (χ1) is 7.74. The summed E-state index contributed by atoms with van der Waals surface area (Å²) < 4.78 is 0. The third-order valence-corrected chi connectivity index (χ3v) is 3.01. The summed E-state index contributed by atoms with van der Waals surface area (Å²) >= 11 is 5.78. The second-order valence-corrected chi connectivity index (χ2v) is 4.21. The van der Waals surface area contributed by atoms with Crippen molar-refractivity contribution in [1.29, 1.82) is 0 Å². The van der Waals surface area contributed by atoms with Crippen LogP contribution in [-0.4, -0.2) is 31.4 Å². The van der Waals surface area contributed by atoms with Crippen LogP contribution in [0, 0.1) is 0 Å². The zero-order valence-electron chi connectivity index (χ0n) is 9.32. The average molecular weight is 239 g/mol. The number of fused-ring (bicyclic) bond motifs is 1. The summed E-state index contributed by atoms with van der Waals surface area (Å²) in [6, 6.07) is 7.97. The van der Waals surface area contributed by atoms with E-state index in [1.807, 2.05) is 29.2 Å². The van der Waals surface area contributed by atoms with Crippen molar-refractivity contribution < 1.29 is 4.79 Å². The van der Waals surface area contributed by atoms with Crippen molar-refractivity contribution in [3.05, 3.63) is 24.3 Å². The first-order valence-corrected chi connectivity index (χ1v) is 5.95. The Bertz CT molecular complexity index is 394. The number of carbonyl (C=O) groups excluding carboxylic acids is 1. The fourth-order valence-corrected chi connectivity index (χ4v) is 2.29. The van der Waals surface area contributed by atoms with E-state index in [1.165, 1.54) is 0 Å². The lowest BCUT2D eigenvalue weighted by molar-refractivity contribution is -0.116. The third-order valence-electron chi connectivity index (χ3n) is 2.84. The number of para-hydroxylation sites is 2. The highest BCUT2D eigenvalue weighted by atomic mass is 35.5. The van der Waals surface area contributed by atoms with E-state index < -0.39 is 0 Å². The Hall–Kier alpha value is -1.22. The Morgan fingerprint density at radius 3 is 2.62 bits per heavy atom. The van der Waals surface area contributed by atoms with E-state index in [9.17, 15) is 4.79 Å². The van der Waals surface area contributed by atoms with E-state index in [-0.39, 0.29) is 5.91 Å². The number of anilines is 2. The Labute approximate surface area is 101 Å². The molecule has 0 saturated carbocycles. The molecule has 0 spiro atoms. The van der Waals surface area contributed by atoms with Crippen LogP contribution < -0.4 is 9.80 Å². The van der Waals surface area contributed by atoms with E-state index in [0.29, 0.717) is 5.88 Å². The largest absolute Gasteiger partial charge is 0.367 e. The predicted molar refractivity (Wildman–Crippen MR) is 67.4 cm³/mol. The molecule has 0 N–H and O–H groups in total. The highest BCUT2D eigenvalue weighted by Crippen LogP contribution is 2.32. The molecule has 1 amide bonds. The maximum atomic E-state index is 11.5. The van der Waals surface area contributed by atoms with Crippen LogP contribution in [0.5, 0.6) is 0 Å². The molecule has 1 aromatic rings. The second-order valence-electron chi connectivity index (χ2n) is 3.84. The summed E-state index contributed by atoms with van der Waals surface area (Å²) in [5.74, 6) is 0.701. The summed E-state index contributed by atoms with van der Waals surface area (Å²) in [6.07, 6.45) is 0. The van der Waals surface area contributed by atoms with Crippen molar-refractivity contribution in [2.24, 2.45) is 0 Å². The number of rotatable bonds is 2. The molecular formula is C12H15ClN2O. The van der Waals surface area contributed by atoms with Gasteiger partial charge in [-0.2, -0.15) is 0 Å². The normalized spacial score (nSPS) is 14.9. The maximum Gasteiger partial charge on any atom is 0.223 e. The van der Waals surface area contributed by atoms with Crippen molar-refractivity contribution in [2.45, 2.75) is 6.92 Å². The minimum absolute atomic E-state index is 0.0953. The smallest absolute Gasteiger partial charge is 0.223 e. The molecule has 16 heavy (non-hydrogen) atoms. The molecule has 0 aromatic heterocycles. The Balaban J connectivity index is 2.36. The minimum Gasteiger partial charge on any atom is -0.367 e. The van der Waals surface area contributed by atoms with Gasteiger partial charge in [-0.05, 0) is 12.1 Å². The second kappa shape index (κ2) is 4.74. The van der Waals surface area contributed by atoms with Crippen LogP contribution in [0.15, 0.2) is 24.3 Å². The summed E-state index contributed by atoms with van der Waals surface area (Å²) in [7, 11) is 0. The Morgan fingerprint density at radius 1 is 1.31 bits per heavy atom. The van der Waals surface area contributed by atoms with Gasteiger partial charge in [0.05, 0.1) is 11.4 Å². The number of nitrogens with zero attached hydrogens (tertiary/aromatic N) is 2. The van der Waals surface area contributed by atoms with Gasteiger partial charge < -0.3 is 9.80 Å². The van der Waals surface area contributed by atoms with Gasteiger partial charge in [-0.15, -0.1) is 11.6 Å². The third kappa shape index (κ3) is 2.00. The van der Waals surface area contributed by atoms with E-state index in [0.717, 1.165) is 31.0 Å². The standard InChI is InChI=1S/C12H15ClN2O/c1-10(16)15-9-8-14(7-6-13)11-4-2-3-5-12(11)15/h2-5H,6-9H2,1H3. The predicted octanol–water partition coefficient (Wildman–Crippen LogP) is 2.10. The number of benzene rings is 1. The zero-order valence-corrected chi connectivity index (χ0v) is 10.1. The Kier molecular flexibility index (Phi) is 3.34. The molecule has 0 unspecified atom stereocenters. The number of carbonyl (C=O) groups is 1. The van der Waals surface area contributed by atoms with Crippen LogP contribution in [-0.2, 0) is 4.79 Å². The van der Waals surface area contributed by atoms with E-state index in [1.54, 1.807) is 6.92 Å². The molecular weight excluding hydrogens is 224 g/mol. The molecule has 0 fully saturated rings. The summed E-state index contributed by atoms with van der Waals surface area (Å²) in [4.78, 5) is 15.6. The lowest BCUT2D eigenvalue weighted by Crippen LogP contribution is -2.43. The minimum atomic E-state index is 0.0953. The first-order valence-electron chi connectivity index (χ1n) is 5.42. The number of amides is 1. The summed E-state index contributed by atoms with van der Waals surface area (Å²) in [6.45, 7) is 4.02. The molecule has 0 bridgehead atoms. The average Bonchev–Trinajstić information content (AvgIpc) is 2.29. The molecule has 0 radical (unpaired) electrons. The van der Waals surface area contributed by atoms with E-state index in [4.69, 9.17) is 11.6 Å². The van der Waals surface area contributed by atoms with Crippen molar-refractivity contribution in [3.63, 3.8) is 0 Å². The fraction of sp³-hybridized carbons (Fsp3) is 0.417. The van der Waals surface area contributed by atoms with Gasteiger partial charge in [0, 0.05) is 32.4 Å². The quantitative estimate of drug-likeness (QED) is 0.737. The van der Waals surface area contributed by atoms with Crippen LogP contribution in [0.3, 0.4) is 0 Å². The van der Waals surface area contributed by atoms with Crippen molar-refractivity contribution in [1.82, 2.24) is 0 Å². The van der Waals surface area contributed by atoms with Gasteiger partial charge in [0.1, 0.15) is 0 Å². The van der Waals surface area contributed by atoms with Gasteiger partial charge in [0.15, 0.2) is 0 Å². The van der Waals surface area contributed by atoms with Gasteiger partial charge in [-0.3, -0.25) is 4.79 Å². The van der Waals surface area contributed by atoms with Crippen LogP contribution in [0.1, 0.15) is 6.92 Å². The number of halogens is 1. The maximum absolute atomic E-state index is 11.5. The van der Waals surface area contributed by atoms with Crippen molar-refractivity contribution in [2.75, 3.05) is 35.3 Å². The molecule has 0 aliphatic carbocycles. The molecule has 2 rings (SSSR count). The summed E-state index contributed by atoms with van der Waals surface area (Å²) in [5.41, 5.74) is 2.09. The van der Waals surface area contributed by atoms with Crippen LogP contribution >= 0.6 is 11.6 Å². The molecule has 4 heteroatoms. The van der Waals surface area contributed by atoms with Gasteiger partial charge in [-0.1, -0.05) is 12.1 Å².